The van der Waals surface area contributed by atoms with Gasteiger partial charge in [-0.25, -0.2) is 0 Å². The van der Waals surface area contributed by atoms with E-state index in [1.165, 1.54) is 0 Å². The molecule has 1 fully saturated rings. The van der Waals surface area contributed by atoms with Gasteiger partial charge in [-0.3, -0.25) is 5.10 Å². The number of anilines is 1. The molecule has 2 aromatic carbocycles. The standard InChI is InChI=1S/C22H21N7O/c1-28-13-24-26-21(28)14-7-9-29(10-8-14)20-16(12-23)3-2-4-17(20)15-5-6-19-18(11-15)22(30)27-25-19/h2-6,11,13-14H,7-10H2,1H3,(H2,25,27,30). The highest BCUT2D eigenvalue weighted by atomic mass is 16.3. The molecule has 0 radical (unpaired) electrons. The normalized spacial score (nSPS) is 14.9. The Morgan fingerprint density at radius 3 is 2.77 bits per heavy atom. The molecule has 0 amide bonds. The Morgan fingerprint density at radius 2 is 2.03 bits per heavy atom. The number of nitriles is 1. The van der Waals surface area contributed by atoms with Crippen LogP contribution >= 0.6 is 0 Å². The molecule has 2 aromatic heterocycles. The largest absolute Gasteiger partial charge is 0.492 e. The summed E-state index contributed by atoms with van der Waals surface area (Å²) in [6.07, 6.45) is 3.65. The van der Waals surface area contributed by atoms with Crippen molar-refractivity contribution in [3.05, 3.63) is 54.1 Å². The molecule has 150 valence electrons. The van der Waals surface area contributed by atoms with Crippen LogP contribution in [-0.4, -0.2) is 43.2 Å². The van der Waals surface area contributed by atoms with Crippen molar-refractivity contribution >= 4 is 16.6 Å². The molecule has 1 aliphatic heterocycles. The molecule has 2 N–H and O–H groups in total. The molecular weight excluding hydrogens is 378 g/mol. The third-order valence-electron chi connectivity index (χ3n) is 5.93. The van der Waals surface area contributed by atoms with Crippen LogP contribution in [0.15, 0.2) is 42.7 Å². The topological polar surface area (TPSA) is 107 Å². The lowest BCUT2D eigenvalue weighted by Crippen LogP contribution is -2.34. The number of nitrogens with zero attached hydrogens (tertiary/aromatic N) is 6. The van der Waals surface area contributed by atoms with Crippen LogP contribution in [0.4, 0.5) is 5.69 Å². The number of piperidine rings is 1. The monoisotopic (exact) mass is 399 g/mol. The molecule has 1 aliphatic rings. The second-order valence-corrected chi connectivity index (χ2v) is 7.68. The number of aromatic hydroxyl groups is 1. The second-order valence-electron chi connectivity index (χ2n) is 7.68. The molecule has 3 heterocycles. The van der Waals surface area contributed by atoms with E-state index in [0.29, 0.717) is 16.9 Å². The number of hydrogen-bond donors (Lipinski definition) is 2. The molecule has 5 rings (SSSR count). The maximum absolute atomic E-state index is 10.0. The van der Waals surface area contributed by atoms with E-state index in [9.17, 15) is 10.4 Å². The number of benzene rings is 2. The van der Waals surface area contributed by atoms with E-state index in [0.717, 1.165) is 54.1 Å². The van der Waals surface area contributed by atoms with E-state index >= 15 is 0 Å². The molecule has 4 aromatic rings. The fourth-order valence-corrected chi connectivity index (χ4v) is 4.40. The van der Waals surface area contributed by atoms with Crippen LogP contribution in [0.5, 0.6) is 5.88 Å². The van der Waals surface area contributed by atoms with Gasteiger partial charge in [0.1, 0.15) is 18.2 Å². The molecular formula is C22H21N7O. The number of rotatable bonds is 3. The van der Waals surface area contributed by atoms with E-state index in [-0.39, 0.29) is 5.88 Å². The van der Waals surface area contributed by atoms with Crippen LogP contribution in [0, 0.1) is 11.3 Å². The Bertz CT molecular complexity index is 1260. The van der Waals surface area contributed by atoms with Gasteiger partial charge in [-0.15, -0.1) is 15.3 Å². The zero-order valence-electron chi connectivity index (χ0n) is 16.6. The lowest BCUT2D eigenvalue weighted by atomic mass is 9.92. The van der Waals surface area contributed by atoms with Gasteiger partial charge in [0.15, 0.2) is 0 Å². The van der Waals surface area contributed by atoms with Gasteiger partial charge in [0, 0.05) is 31.6 Å². The number of para-hydroxylation sites is 1. The summed E-state index contributed by atoms with van der Waals surface area (Å²) in [7, 11) is 1.98. The molecule has 8 nitrogen and oxygen atoms in total. The highest BCUT2D eigenvalue weighted by molar-refractivity contribution is 5.92. The predicted octanol–water partition coefficient (Wildman–Crippen LogP) is 3.32. The Morgan fingerprint density at radius 1 is 1.20 bits per heavy atom. The smallest absolute Gasteiger partial charge is 0.238 e. The Labute approximate surface area is 173 Å². The molecule has 0 unspecified atom stereocenters. The van der Waals surface area contributed by atoms with Gasteiger partial charge in [0.2, 0.25) is 5.88 Å². The molecule has 0 spiro atoms. The third-order valence-corrected chi connectivity index (χ3v) is 5.93. The average molecular weight is 399 g/mol. The highest BCUT2D eigenvalue weighted by Gasteiger charge is 2.27. The second kappa shape index (κ2) is 7.19. The minimum Gasteiger partial charge on any atom is -0.492 e. The maximum Gasteiger partial charge on any atom is 0.238 e. The molecule has 0 bridgehead atoms. The van der Waals surface area contributed by atoms with E-state index in [1.807, 2.05) is 48.0 Å². The quantitative estimate of drug-likeness (QED) is 0.547. The SMILES string of the molecule is Cn1cnnc1C1CCN(c2c(C#N)cccc2-c2ccc3[nH]nc(O)c3c2)CC1. The summed E-state index contributed by atoms with van der Waals surface area (Å²) >= 11 is 0. The Hall–Kier alpha value is -3.86. The first kappa shape index (κ1) is 18.2. The van der Waals surface area contributed by atoms with Crippen molar-refractivity contribution in [2.75, 3.05) is 18.0 Å². The zero-order valence-corrected chi connectivity index (χ0v) is 16.6. The minimum absolute atomic E-state index is 0.0191. The lowest BCUT2D eigenvalue weighted by Gasteiger charge is -2.35. The average Bonchev–Trinajstić information content (AvgIpc) is 3.38. The number of hydrogen-bond acceptors (Lipinski definition) is 6. The van der Waals surface area contributed by atoms with Crippen molar-refractivity contribution in [2.24, 2.45) is 7.05 Å². The summed E-state index contributed by atoms with van der Waals surface area (Å²) < 4.78 is 1.99. The van der Waals surface area contributed by atoms with Gasteiger partial charge in [-0.05, 0) is 36.6 Å². The summed E-state index contributed by atoms with van der Waals surface area (Å²) in [5, 5.41) is 35.5. The maximum atomic E-state index is 10.0. The summed E-state index contributed by atoms with van der Waals surface area (Å²) in [5.41, 5.74) is 4.30. The van der Waals surface area contributed by atoms with Crippen molar-refractivity contribution in [1.82, 2.24) is 25.0 Å². The van der Waals surface area contributed by atoms with Gasteiger partial charge in [-0.2, -0.15) is 5.26 Å². The van der Waals surface area contributed by atoms with E-state index in [1.54, 1.807) is 6.33 Å². The summed E-state index contributed by atoms with van der Waals surface area (Å²) in [5.74, 6) is 1.37. The highest BCUT2D eigenvalue weighted by Crippen LogP contribution is 2.39. The minimum atomic E-state index is -0.0191. The summed E-state index contributed by atoms with van der Waals surface area (Å²) in [6, 6.07) is 14.0. The molecule has 0 aliphatic carbocycles. The van der Waals surface area contributed by atoms with Gasteiger partial charge in [0.05, 0.1) is 22.2 Å². The third kappa shape index (κ3) is 2.95. The summed E-state index contributed by atoms with van der Waals surface area (Å²) in [6.45, 7) is 1.67. The number of fused-ring (bicyclic) bond motifs is 1. The first-order valence-corrected chi connectivity index (χ1v) is 9.95. The Kier molecular flexibility index (Phi) is 4.36. The Balaban J connectivity index is 1.51. The van der Waals surface area contributed by atoms with Crippen LogP contribution in [0.1, 0.15) is 30.1 Å². The van der Waals surface area contributed by atoms with Crippen LogP contribution < -0.4 is 4.90 Å². The van der Waals surface area contributed by atoms with Crippen molar-refractivity contribution in [3.63, 3.8) is 0 Å². The fourth-order valence-electron chi connectivity index (χ4n) is 4.40. The molecule has 1 saturated heterocycles. The first-order chi connectivity index (χ1) is 14.7. The number of aromatic nitrogens is 5. The van der Waals surface area contributed by atoms with E-state index < -0.39 is 0 Å². The van der Waals surface area contributed by atoms with Crippen LogP contribution in [0.3, 0.4) is 0 Å². The molecule has 0 saturated carbocycles. The van der Waals surface area contributed by atoms with Crippen molar-refractivity contribution in [3.8, 4) is 23.1 Å². The number of aryl methyl sites for hydroxylation is 1. The molecule has 0 atom stereocenters. The zero-order chi connectivity index (χ0) is 20.7. The molecule has 8 heteroatoms. The van der Waals surface area contributed by atoms with E-state index in [4.69, 9.17) is 0 Å². The number of nitrogens with one attached hydrogen (secondary N) is 1. The van der Waals surface area contributed by atoms with Crippen LogP contribution in [0.2, 0.25) is 0 Å². The van der Waals surface area contributed by atoms with Crippen LogP contribution in [0.25, 0.3) is 22.0 Å². The van der Waals surface area contributed by atoms with Gasteiger partial charge in [-0.1, -0.05) is 18.2 Å². The van der Waals surface area contributed by atoms with Crippen LogP contribution in [-0.2, 0) is 7.05 Å². The van der Waals surface area contributed by atoms with E-state index in [2.05, 4.69) is 31.4 Å². The van der Waals surface area contributed by atoms with Gasteiger partial charge >= 0.3 is 0 Å². The predicted molar refractivity (Wildman–Crippen MR) is 113 cm³/mol. The van der Waals surface area contributed by atoms with Crippen molar-refractivity contribution < 1.29 is 5.11 Å². The van der Waals surface area contributed by atoms with Crippen molar-refractivity contribution in [2.45, 2.75) is 18.8 Å². The number of aromatic amines is 1. The summed E-state index contributed by atoms with van der Waals surface area (Å²) in [4.78, 5) is 2.29. The fraction of sp³-hybridized carbons (Fsp3) is 0.273. The first-order valence-electron chi connectivity index (χ1n) is 9.95. The lowest BCUT2D eigenvalue weighted by molar-refractivity contribution is 0.457. The molecule has 30 heavy (non-hydrogen) atoms. The van der Waals surface area contributed by atoms with Gasteiger partial charge < -0.3 is 14.6 Å². The van der Waals surface area contributed by atoms with Gasteiger partial charge in [0.25, 0.3) is 0 Å². The number of H-pyrrole nitrogens is 1. The van der Waals surface area contributed by atoms with Crippen molar-refractivity contribution in [1.29, 1.82) is 5.26 Å².